The molecule has 0 radical (unpaired) electrons. The number of ether oxygens (including phenoxy) is 2. The standard InChI is InChI=1S/C13H20O4/c1-9(6-10(2)14)7-13-8-12(4-5-16-13)17-11(3)15/h4-5,9,12-13H,6-8H2,1-3H3/t9-,12?,13+/m0/s1. The van der Waals surface area contributed by atoms with Crippen LogP contribution in [0.2, 0.25) is 0 Å². The number of carbonyl (C=O) groups is 2. The van der Waals surface area contributed by atoms with Crippen molar-refractivity contribution in [3.63, 3.8) is 0 Å². The maximum Gasteiger partial charge on any atom is 0.303 e. The van der Waals surface area contributed by atoms with Crippen molar-refractivity contribution in [1.82, 2.24) is 0 Å². The normalized spacial score (nSPS) is 24.9. The van der Waals surface area contributed by atoms with E-state index in [0.29, 0.717) is 18.8 Å². The first-order chi connectivity index (χ1) is 7.97. The van der Waals surface area contributed by atoms with E-state index in [4.69, 9.17) is 9.47 Å². The van der Waals surface area contributed by atoms with Gasteiger partial charge < -0.3 is 14.3 Å². The molecule has 0 aliphatic carbocycles. The van der Waals surface area contributed by atoms with Gasteiger partial charge in [0.15, 0.2) is 0 Å². The van der Waals surface area contributed by atoms with Gasteiger partial charge in [-0.2, -0.15) is 0 Å². The van der Waals surface area contributed by atoms with Crippen molar-refractivity contribution in [2.45, 2.75) is 52.2 Å². The quantitative estimate of drug-likeness (QED) is 0.691. The van der Waals surface area contributed by atoms with E-state index >= 15 is 0 Å². The highest BCUT2D eigenvalue weighted by Gasteiger charge is 2.23. The third-order valence-electron chi connectivity index (χ3n) is 2.68. The Balaban J connectivity index is 2.38. The maximum atomic E-state index is 11.0. The second-order valence-corrected chi connectivity index (χ2v) is 4.72. The number of ketones is 1. The molecule has 1 aliphatic rings. The molecule has 1 rings (SSSR count). The molecule has 4 nitrogen and oxygen atoms in total. The van der Waals surface area contributed by atoms with E-state index in [1.165, 1.54) is 6.92 Å². The summed E-state index contributed by atoms with van der Waals surface area (Å²) in [4.78, 5) is 21.8. The van der Waals surface area contributed by atoms with Crippen LogP contribution in [0.3, 0.4) is 0 Å². The first kappa shape index (κ1) is 13.7. The lowest BCUT2D eigenvalue weighted by molar-refractivity contribution is -0.146. The third kappa shape index (κ3) is 5.52. The third-order valence-corrected chi connectivity index (χ3v) is 2.68. The fourth-order valence-electron chi connectivity index (χ4n) is 2.11. The fourth-order valence-corrected chi connectivity index (χ4v) is 2.11. The van der Waals surface area contributed by atoms with Gasteiger partial charge in [0.25, 0.3) is 0 Å². The maximum absolute atomic E-state index is 11.0. The number of Topliss-reactive ketones (excluding diaryl/α,β-unsaturated/α-hetero) is 1. The second-order valence-electron chi connectivity index (χ2n) is 4.72. The van der Waals surface area contributed by atoms with Crippen molar-refractivity contribution in [1.29, 1.82) is 0 Å². The summed E-state index contributed by atoms with van der Waals surface area (Å²) >= 11 is 0. The monoisotopic (exact) mass is 240 g/mol. The van der Waals surface area contributed by atoms with Gasteiger partial charge in [-0.05, 0) is 25.3 Å². The van der Waals surface area contributed by atoms with Crippen LogP contribution in [-0.2, 0) is 19.1 Å². The minimum atomic E-state index is -0.280. The van der Waals surface area contributed by atoms with E-state index in [1.54, 1.807) is 19.3 Å². The molecule has 96 valence electrons. The molecule has 1 heterocycles. The molecule has 0 spiro atoms. The number of rotatable bonds is 5. The highest BCUT2D eigenvalue weighted by atomic mass is 16.5. The van der Waals surface area contributed by atoms with Gasteiger partial charge in [-0.1, -0.05) is 6.92 Å². The van der Waals surface area contributed by atoms with Crippen LogP contribution in [-0.4, -0.2) is 24.0 Å². The Bertz CT molecular complexity index is 309. The van der Waals surface area contributed by atoms with E-state index in [1.807, 2.05) is 6.92 Å². The first-order valence-corrected chi connectivity index (χ1v) is 5.96. The summed E-state index contributed by atoms with van der Waals surface area (Å²) in [6.07, 6.45) is 5.20. The molecule has 0 amide bonds. The minimum absolute atomic E-state index is 0.0266. The fraction of sp³-hybridized carbons (Fsp3) is 0.692. The van der Waals surface area contributed by atoms with Gasteiger partial charge in [-0.25, -0.2) is 0 Å². The topological polar surface area (TPSA) is 52.6 Å². The van der Waals surface area contributed by atoms with E-state index in [2.05, 4.69) is 0 Å². The molecule has 0 aromatic carbocycles. The molecule has 0 saturated heterocycles. The van der Waals surface area contributed by atoms with Crippen molar-refractivity contribution in [3.05, 3.63) is 12.3 Å². The van der Waals surface area contributed by atoms with E-state index in [9.17, 15) is 9.59 Å². The Morgan fingerprint density at radius 2 is 2.18 bits per heavy atom. The summed E-state index contributed by atoms with van der Waals surface area (Å²) in [5.41, 5.74) is 0. The van der Waals surface area contributed by atoms with Crippen LogP contribution in [0.25, 0.3) is 0 Å². The molecule has 0 fully saturated rings. The zero-order valence-electron chi connectivity index (χ0n) is 10.6. The lowest BCUT2D eigenvalue weighted by Gasteiger charge is -2.26. The van der Waals surface area contributed by atoms with E-state index in [-0.39, 0.29) is 24.0 Å². The molecule has 4 heteroatoms. The Kier molecular flexibility index (Phi) is 5.19. The molecule has 1 aliphatic heterocycles. The number of hydrogen-bond acceptors (Lipinski definition) is 4. The molecule has 0 bridgehead atoms. The van der Waals surface area contributed by atoms with Gasteiger partial charge in [-0.15, -0.1) is 0 Å². The van der Waals surface area contributed by atoms with Crippen LogP contribution in [0.15, 0.2) is 12.3 Å². The van der Waals surface area contributed by atoms with E-state index in [0.717, 1.165) is 6.42 Å². The molecular formula is C13H20O4. The minimum Gasteiger partial charge on any atom is -0.498 e. The summed E-state index contributed by atoms with van der Waals surface area (Å²) in [6, 6.07) is 0. The number of esters is 1. The van der Waals surface area contributed by atoms with Gasteiger partial charge in [0, 0.05) is 19.8 Å². The second kappa shape index (κ2) is 6.42. The molecule has 17 heavy (non-hydrogen) atoms. The average molecular weight is 240 g/mol. The predicted octanol–water partition coefficient (Wildman–Crippen LogP) is 2.23. The Morgan fingerprint density at radius 1 is 1.47 bits per heavy atom. The van der Waals surface area contributed by atoms with Gasteiger partial charge in [0.2, 0.25) is 0 Å². The van der Waals surface area contributed by atoms with Gasteiger partial charge in [0.1, 0.15) is 18.0 Å². The largest absolute Gasteiger partial charge is 0.498 e. The van der Waals surface area contributed by atoms with Gasteiger partial charge in [-0.3, -0.25) is 4.79 Å². The SMILES string of the molecule is CC(=O)C[C@H](C)C[C@@H]1CC(OC(C)=O)C=CO1. The molecule has 0 aromatic rings. The summed E-state index contributed by atoms with van der Waals surface area (Å²) < 4.78 is 10.6. The molecule has 0 saturated carbocycles. The lowest BCUT2D eigenvalue weighted by Crippen LogP contribution is -2.27. The van der Waals surface area contributed by atoms with Crippen LogP contribution in [0.1, 0.15) is 40.0 Å². The smallest absolute Gasteiger partial charge is 0.303 e. The zero-order chi connectivity index (χ0) is 12.8. The predicted molar refractivity (Wildman–Crippen MR) is 63.3 cm³/mol. The summed E-state index contributed by atoms with van der Waals surface area (Å²) in [5, 5.41) is 0. The molecule has 0 N–H and O–H groups in total. The van der Waals surface area contributed by atoms with Crippen molar-refractivity contribution < 1.29 is 19.1 Å². The van der Waals surface area contributed by atoms with Gasteiger partial charge in [0.05, 0.1) is 6.26 Å². The summed E-state index contributed by atoms with van der Waals surface area (Å²) in [7, 11) is 0. The first-order valence-electron chi connectivity index (χ1n) is 5.96. The Hall–Kier alpha value is -1.32. The molecule has 3 atom stereocenters. The molecule has 1 unspecified atom stereocenters. The van der Waals surface area contributed by atoms with Crippen LogP contribution in [0.5, 0.6) is 0 Å². The van der Waals surface area contributed by atoms with Crippen LogP contribution < -0.4 is 0 Å². The lowest BCUT2D eigenvalue weighted by atomic mass is 9.94. The van der Waals surface area contributed by atoms with Crippen LogP contribution in [0, 0.1) is 5.92 Å². The highest BCUT2D eigenvalue weighted by Crippen LogP contribution is 2.22. The van der Waals surface area contributed by atoms with Crippen LogP contribution >= 0.6 is 0 Å². The summed E-state index contributed by atoms with van der Waals surface area (Å²) in [5.74, 6) is 0.208. The van der Waals surface area contributed by atoms with Crippen LogP contribution in [0.4, 0.5) is 0 Å². The van der Waals surface area contributed by atoms with Crippen molar-refractivity contribution >= 4 is 11.8 Å². The molecular weight excluding hydrogens is 220 g/mol. The number of hydrogen-bond donors (Lipinski definition) is 0. The van der Waals surface area contributed by atoms with Crippen molar-refractivity contribution in [2.75, 3.05) is 0 Å². The van der Waals surface area contributed by atoms with Crippen molar-refractivity contribution in [3.8, 4) is 0 Å². The van der Waals surface area contributed by atoms with E-state index < -0.39 is 0 Å². The van der Waals surface area contributed by atoms with Crippen molar-refractivity contribution in [2.24, 2.45) is 5.92 Å². The van der Waals surface area contributed by atoms with Gasteiger partial charge >= 0.3 is 5.97 Å². The summed E-state index contributed by atoms with van der Waals surface area (Å²) in [6.45, 7) is 5.03. The highest BCUT2D eigenvalue weighted by molar-refractivity contribution is 5.75. The Morgan fingerprint density at radius 3 is 2.76 bits per heavy atom. The average Bonchev–Trinajstić information content (AvgIpc) is 2.14. The Labute approximate surface area is 102 Å². The number of carbonyl (C=O) groups excluding carboxylic acids is 2. The zero-order valence-corrected chi connectivity index (χ0v) is 10.6. The molecule has 0 aromatic heterocycles.